The van der Waals surface area contributed by atoms with E-state index in [1.165, 1.54) is 28.4 Å². The second-order valence-corrected chi connectivity index (χ2v) is 29.5. The third kappa shape index (κ3) is 17.4. The molecule has 2 aromatic carbocycles. The van der Waals surface area contributed by atoms with Gasteiger partial charge in [-0.25, -0.2) is 9.18 Å². The summed E-state index contributed by atoms with van der Waals surface area (Å²) < 4.78 is 26.6. The van der Waals surface area contributed by atoms with Gasteiger partial charge in [0.15, 0.2) is 17.5 Å². The zero-order chi connectivity index (χ0) is 72.6. The summed E-state index contributed by atoms with van der Waals surface area (Å²) in [6.45, 7) is 4.76. The molecule has 0 spiro atoms. The molecular formula is C73H81ClFN19O8S. The number of primary amides is 3. The number of likely N-dealkylation sites (tertiary alicyclic amines) is 3. The Morgan fingerprint density at radius 3 is 1.49 bits per heavy atom. The maximum Gasteiger partial charge on any atom is 0.409 e. The van der Waals surface area contributed by atoms with E-state index in [0.29, 0.717) is 70.8 Å². The fourth-order valence-corrected chi connectivity index (χ4v) is 14.2. The fourth-order valence-electron chi connectivity index (χ4n) is 13.3. The minimum atomic E-state index is -1.42. The van der Waals surface area contributed by atoms with Crippen LogP contribution in [0.1, 0.15) is 145 Å². The van der Waals surface area contributed by atoms with Crippen molar-refractivity contribution < 1.29 is 42.7 Å². The van der Waals surface area contributed by atoms with Gasteiger partial charge in [-0.2, -0.15) is 31.1 Å². The molecule has 4 aliphatic carbocycles. The van der Waals surface area contributed by atoms with Gasteiger partial charge in [-0.3, -0.25) is 57.6 Å². The van der Waals surface area contributed by atoms with Gasteiger partial charge < -0.3 is 42.8 Å². The normalized spacial score (nSPS) is 19.8. The molecule has 3 saturated heterocycles. The van der Waals surface area contributed by atoms with Gasteiger partial charge in [0.05, 0.1) is 65.2 Å². The molecule has 536 valence electrons. The van der Waals surface area contributed by atoms with Gasteiger partial charge in [0.25, 0.3) is 17.7 Å². The smallest absolute Gasteiger partial charge is 0.409 e. The van der Waals surface area contributed by atoms with Crippen molar-refractivity contribution in [1.82, 2.24) is 49.0 Å². The SMILES string of the molecule is N#CCC1(n2cc(C(N)=O)c(NC(=O)C3CC3)n2)CCN(C(=O)OCC2CC2)CC1.N#CCC1(n2cc(C(N)=O)c(NC(=O)C3CC3)n2)CCN(Cc2ccc(-c3csc(Cl)c3)nc2)CC1.N#CC[C@@]1(n2cc(C(N)=O)c(NC(=O)C3CC3)n2)CCN(Cc2ccc(-c3ccccc3)cc2)C[C@H]1F. The van der Waals surface area contributed by atoms with Crippen molar-refractivity contribution >= 4 is 81.9 Å². The molecular weight excluding hydrogens is 1360 g/mol. The number of hydrogen-bond donors (Lipinski definition) is 6. The molecule has 27 nitrogen and oxygen atoms in total. The molecule has 5 aromatic heterocycles. The van der Waals surface area contributed by atoms with Crippen LogP contribution in [0.4, 0.5) is 26.6 Å². The molecule has 103 heavy (non-hydrogen) atoms. The predicted octanol–water partition coefficient (Wildman–Crippen LogP) is 9.44. The Bertz CT molecular complexity index is 4410. The molecule has 0 radical (unpaired) electrons. The summed E-state index contributed by atoms with van der Waals surface area (Å²) in [4.78, 5) is 95.6. The molecule has 7 fully saturated rings. The number of piperidine rings is 3. The van der Waals surface area contributed by atoms with E-state index in [2.05, 4.69) is 89.7 Å². The summed E-state index contributed by atoms with van der Waals surface area (Å²) in [6, 6.07) is 30.9. The first-order valence-corrected chi connectivity index (χ1v) is 36.0. The Labute approximate surface area is 603 Å². The number of carbonyl (C=O) groups is 7. The Morgan fingerprint density at radius 2 is 1.04 bits per heavy atom. The first-order valence-electron chi connectivity index (χ1n) is 34.8. The summed E-state index contributed by atoms with van der Waals surface area (Å²) in [5, 5.41) is 52.0. The first-order chi connectivity index (χ1) is 49.7. The lowest BCUT2D eigenvalue weighted by molar-refractivity contribution is -0.118. The van der Waals surface area contributed by atoms with Gasteiger partial charge >= 0.3 is 6.09 Å². The van der Waals surface area contributed by atoms with Crippen molar-refractivity contribution in [3.8, 4) is 40.6 Å². The second-order valence-electron chi connectivity index (χ2n) is 27.9. The van der Waals surface area contributed by atoms with E-state index in [1.807, 2.05) is 58.9 Å². The molecule has 8 heterocycles. The van der Waals surface area contributed by atoms with E-state index in [4.69, 9.17) is 33.5 Å². The number of ether oxygens (including phenoxy) is 1. The highest BCUT2D eigenvalue weighted by molar-refractivity contribution is 7.14. The molecule has 7 aliphatic rings. The molecule has 0 bridgehead atoms. The van der Waals surface area contributed by atoms with E-state index < -0.39 is 40.5 Å². The first kappa shape index (κ1) is 72.4. The van der Waals surface area contributed by atoms with E-state index in [1.54, 1.807) is 20.5 Å². The third-order valence-corrected chi connectivity index (χ3v) is 21.5. The number of hydrogen-bond acceptors (Lipinski definition) is 18. The number of nitrogens with one attached hydrogen (secondary N) is 3. The van der Waals surface area contributed by atoms with Crippen LogP contribution in [0.2, 0.25) is 4.34 Å². The number of aromatic nitrogens is 7. The van der Waals surface area contributed by atoms with Crippen molar-refractivity contribution in [2.45, 2.75) is 139 Å². The standard InChI is InChI=1S/C28H29FN6O2.C25H26ClN7O2S.C20H26N6O4/c29-24-18-34(16-19-6-8-21(9-7-19)20-4-2-1-3-5-20)15-13-28(24,12-14-30)35-17-23(25(31)36)26(33-35)32-27(37)22-10-11-22;26-21-11-18(15-36-21)20-4-1-16(12-29-20)13-32-9-6-25(5-8-27,7-10-32)33-14-19(22(28)34)23(31-33)30-24(35)17-2-3-17;21-8-5-20(6-9-25(10-7-20)19(29)30-12-13-1-2-13)26-11-15(16(22)27)17(24-26)23-18(28)14-3-4-14/h1-9,17,22,24H,10-13,15-16,18H2,(H2,31,36)(H,32,33,37);1,4,11-12,14-15,17H,2-3,5-7,9-10,13H2,(H2,28,34)(H,30,31,35);11,13-14H,1-7,9-10,12H2,(H2,22,27)(H,23,24,28)/t24-,28-;;/m1../s1. The number of pyridine rings is 1. The van der Waals surface area contributed by atoms with Crippen LogP contribution in [0.5, 0.6) is 0 Å². The molecule has 2 atom stereocenters. The fraction of sp³-hybridized carbons (Fsp3) is 0.452. The van der Waals surface area contributed by atoms with Crippen molar-refractivity contribution in [3.05, 3.63) is 135 Å². The largest absolute Gasteiger partial charge is 0.449 e. The van der Waals surface area contributed by atoms with Gasteiger partial charge in [-0.1, -0.05) is 72.3 Å². The number of carbonyl (C=O) groups excluding carboxylic acids is 7. The molecule has 14 rings (SSSR count). The minimum absolute atomic E-state index is 0.0134. The number of alkyl halides is 1. The van der Waals surface area contributed by atoms with Crippen LogP contribution < -0.4 is 33.2 Å². The number of nitriles is 3. The molecule has 9 N–H and O–H groups in total. The molecule has 30 heteroatoms. The van der Waals surface area contributed by atoms with Crippen LogP contribution in [0.3, 0.4) is 0 Å². The van der Waals surface area contributed by atoms with Crippen molar-refractivity contribution in [2.75, 3.05) is 61.8 Å². The summed E-state index contributed by atoms with van der Waals surface area (Å²) >= 11 is 7.52. The average molecular weight is 1440 g/mol. The lowest BCUT2D eigenvalue weighted by Gasteiger charge is -2.43. The quantitative estimate of drug-likeness (QED) is 0.0347. The van der Waals surface area contributed by atoms with Crippen molar-refractivity contribution in [3.63, 3.8) is 0 Å². The number of halogens is 2. The van der Waals surface area contributed by atoms with Crippen LogP contribution in [0.25, 0.3) is 22.4 Å². The number of thiophene rings is 1. The second kappa shape index (κ2) is 31.5. The molecule has 7 aromatic rings. The van der Waals surface area contributed by atoms with Gasteiger partial charge in [0.2, 0.25) is 17.7 Å². The number of rotatable bonds is 23. The minimum Gasteiger partial charge on any atom is -0.449 e. The Hall–Kier alpha value is -10.4. The number of nitrogens with two attached hydrogens (primary N) is 3. The van der Waals surface area contributed by atoms with Gasteiger partial charge in [-0.05, 0) is 124 Å². The number of nitrogens with zero attached hydrogens (tertiary/aromatic N) is 13. The topological polar surface area (TPSA) is 390 Å². The highest BCUT2D eigenvalue weighted by atomic mass is 35.5. The zero-order valence-corrected chi connectivity index (χ0v) is 58.4. The van der Waals surface area contributed by atoms with Crippen LogP contribution in [0, 0.1) is 57.7 Å². The number of amides is 7. The lowest BCUT2D eigenvalue weighted by Crippen LogP contribution is -2.54. The summed E-state index contributed by atoms with van der Waals surface area (Å²) in [7, 11) is 0. The number of benzene rings is 2. The summed E-state index contributed by atoms with van der Waals surface area (Å²) in [5.74, 6) is -2.02. The van der Waals surface area contributed by atoms with Gasteiger partial charge in [0.1, 0.15) is 28.4 Å². The summed E-state index contributed by atoms with van der Waals surface area (Å²) in [5.41, 5.74) is 20.7. The Morgan fingerprint density at radius 1 is 0.573 bits per heavy atom. The monoisotopic (exact) mass is 1440 g/mol. The van der Waals surface area contributed by atoms with E-state index >= 15 is 4.39 Å². The maximum absolute atomic E-state index is 15.9. The van der Waals surface area contributed by atoms with Gasteiger partial charge in [-0.15, -0.1) is 11.3 Å². The maximum atomic E-state index is 15.9. The molecule has 3 aliphatic heterocycles. The highest BCUT2D eigenvalue weighted by Crippen LogP contribution is 2.41. The third-order valence-electron chi connectivity index (χ3n) is 20.4. The molecule has 7 amide bonds. The van der Waals surface area contributed by atoms with E-state index in [-0.39, 0.29) is 102 Å². The van der Waals surface area contributed by atoms with Crippen LogP contribution in [0.15, 0.2) is 103 Å². The van der Waals surface area contributed by atoms with Crippen LogP contribution >= 0.6 is 22.9 Å². The van der Waals surface area contributed by atoms with Crippen molar-refractivity contribution in [1.29, 1.82) is 15.8 Å². The highest BCUT2D eigenvalue weighted by Gasteiger charge is 2.48. The van der Waals surface area contributed by atoms with Crippen LogP contribution in [-0.4, -0.2) is 143 Å². The van der Waals surface area contributed by atoms with Crippen molar-refractivity contribution in [2.24, 2.45) is 40.9 Å². The predicted molar refractivity (Wildman–Crippen MR) is 380 cm³/mol. The zero-order valence-electron chi connectivity index (χ0n) is 56.9. The molecule has 0 unspecified atom stereocenters. The summed E-state index contributed by atoms with van der Waals surface area (Å²) in [6.07, 6.45) is 14.6. The Kier molecular flexibility index (Phi) is 22.1. The average Bonchev–Trinajstić information content (AvgIpc) is 1.36. The van der Waals surface area contributed by atoms with Gasteiger partial charge in [0, 0.05) is 106 Å². The molecule has 4 saturated carbocycles. The number of anilines is 3. The Balaban J connectivity index is 0.000000146. The van der Waals surface area contributed by atoms with E-state index in [9.17, 15) is 49.3 Å². The van der Waals surface area contributed by atoms with E-state index in [0.717, 1.165) is 109 Å². The van der Waals surface area contributed by atoms with Crippen LogP contribution in [-0.2, 0) is 48.8 Å². The lowest BCUT2D eigenvalue weighted by atomic mass is 9.83.